The Morgan fingerprint density at radius 2 is 1.69 bits per heavy atom. The highest BCUT2D eigenvalue weighted by molar-refractivity contribution is 6.04. The lowest BCUT2D eigenvalue weighted by atomic mass is 10.1. The Morgan fingerprint density at radius 1 is 0.906 bits per heavy atom. The summed E-state index contributed by atoms with van der Waals surface area (Å²) in [6.07, 6.45) is 0.641. The average Bonchev–Trinajstić information content (AvgIpc) is 2.78. The first-order valence-corrected chi connectivity index (χ1v) is 10.1. The molecule has 1 aliphatic rings. The SMILES string of the molecule is O=C(Nc1cccc(N2CCCN(Cc3cc(F)ccc3F)C2=O)c1)c1cccc(F)c1. The Bertz CT molecular complexity index is 1170. The topological polar surface area (TPSA) is 52.7 Å². The van der Waals surface area contributed by atoms with Gasteiger partial charge in [0.25, 0.3) is 5.91 Å². The zero-order valence-electron chi connectivity index (χ0n) is 17.0. The quantitative estimate of drug-likeness (QED) is 0.595. The number of halogens is 3. The highest BCUT2D eigenvalue weighted by Crippen LogP contribution is 2.25. The van der Waals surface area contributed by atoms with Gasteiger partial charge in [0.2, 0.25) is 0 Å². The summed E-state index contributed by atoms with van der Waals surface area (Å²) >= 11 is 0. The predicted octanol–water partition coefficient (Wildman–Crippen LogP) is 5.19. The fourth-order valence-corrected chi connectivity index (χ4v) is 3.62. The van der Waals surface area contributed by atoms with Gasteiger partial charge in [-0.1, -0.05) is 12.1 Å². The van der Waals surface area contributed by atoms with E-state index < -0.39 is 23.4 Å². The van der Waals surface area contributed by atoms with E-state index in [0.29, 0.717) is 30.9 Å². The molecule has 1 N–H and O–H groups in total. The predicted molar refractivity (Wildman–Crippen MR) is 115 cm³/mol. The van der Waals surface area contributed by atoms with E-state index in [4.69, 9.17) is 0 Å². The zero-order chi connectivity index (χ0) is 22.7. The molecule has 3 aromatic carbocycles. The molecule has 0 saturated carbocycles. The molecule has 3 amide bonds. The molecule has 0 bridgehead atoms. The molecule has 0 atom stereocenters. The van der Waals surface area contributed by atoms with Crippen molar-refractivity contribution in [2.75, 3.05) is 23.3 Å². The first kappa shape index (κ1) is 21.4. The number of nitrogens with zero attached hydrogens (tertiary/aromatic N) is 2. The van der Waals surface area contributed by atoms with Crippen LogP contribution in [0.15, 0.2) is 66.7 Å². The molecule has 4 rings (SSSR count). The third-order valence-corrected chi connectivity index (χ3v) is 5.18. The van der Waals surface area contributed by atoms with E-state index in [0.717, 1.165) is 24.3 Å². The van der Waals surface area contributed by atoms with Crippen molar-refractivity contribution in [3.05, 3.63) is 95.3 Å². The van der Waals surface area contributed by atoms with Crippen molar-refractivity contribution in [1.29, 1.82) is 0 Å². The molecular weight excluding hydrogens is 419 g/mol. The van der Waals surface area contributed by atoms with Gasteiger partial charge in [0.05, 0.1) is 6.54 Å². The summed E-state index contributed by atoms with van der Waals surface area (Å²) in [4.78, 5) is 28.4. The Hall–Kier alpha value is -3.81. The molecule has 3 aromatic rings. The maximum atomic E-state index is 14.0. The Balaban J connectivity index is 1.50. The van der Waals surface area contributed by atoms with Crippen LogP contribution in [0.4, 0.5) is 29.3 Å². The second-order valence-corrected chi connectivity index (χ2v) is 7.46. The first-order valence-electron chi connectivity index (χ1n) is 10.1. The molecule has 1 aliphatic heterocycles. The second kappa shape index (κ2) is 9.13. The lowest BCUT2D eigenvalue weighted by molar-refractivity contribution is 0.102. The van der Waals surface area contributed by atoms with E-state index in [-0.39, 0.29) is 23.7 Å². The second-order valence-electron chi connectivity index (χ2n) is 7.46. The molecule has 5 nitrogen and oxygen atoms in total. The Kier molecular flexibility index (Phi) is 6.11. The number of benzene rings is 3. The van der Waals surface area contributed by atoms with Crippen LogP contribution in [0.5, 0.6) is 0 Å². The van der Waals surface area contributed by atoms with Gasteiger partial charge in [-0.15, -0.1) is 0 Å². The normalized spacial score (nSPS) is 13.9. The van der Waals surface area contributed by atoms with Crippen LogP contribution in [0.3, 0.4) is 0 Å². The fourth-order valence-electron chi connectivity index (χ4n) is 3.62. The van der Waals surface area contributed by atoms with Gasteiger partial charge in [0, 0.05) is 35.6 Å². The highest BCUT2D eigenvalue weighted by Gasteiger charge is 2.27. The van der Waals surface area contributed by atoms with Crippen LogP contribution in [-0.4, -0.2) is 29.9 Å². The van der Waals surface area contributed by atoms with Gasteiger partial charge < -0.3 is 10.2 Å². The number of rotatable bonds is 5. The molecular formula is C24H20F3N3O2. The van der Waals surface area contributed by atoms with Crippen LogP contribution < -0.4 is 10.2 Å². The first-order chi connectivity index (χ1) is 15.4. The maximum Gasteiger partial charge on any atom is 0.324 e. The van der Waals surface area contributed by atoms with Crippen molar-refractivity contribution in [1.82, 2.24) is 4.90 Å². The minimum Gasteiger partial charge on any atom is -0.322 e. The third kappa shape index (κ3) is 4.74. The van der Waals surface area contributed by atoms with Crippen LogP contribution in [0, 0.1) is 17.5 Å². The van der Waals surface area contributed by atoms with Gasteiger partial charge in [0.15, 0.2) is 0 Å². The van der Waals surface area contributed by atoms with Gasteiger partial charge in [0.1, 0.15) is 17.5 Å². The number of carbonyl (C=O) groups is 2. The summed E-state index contributed by atoms with van der Waals surface area (Å²) in [6, 6.07) is 14.9. The van der Waals surface area contributed by atoms with Gasteiger partial charge in [-0.3, -0.25) is 9.69 Å². The van der Waals surface area contributed by atoms with Crippen molar-refractivity contribution in [3.63, 3.8) is 0 Å². The molecule has 1 heterocycles. The smallest absolute Gasteiger partial charge is 0.322 e. The Labute approximate surface area is 183 Å². The van der Waals surface area contributed by atoms with Crippen molar-refractivity contribution in [2.45, 2.75) is 13.0 Å². The number of nitrogens with one attached hydrogen (secondary N) is 1. The maximum absolute atomic E-state index is 14.0. The lowest BCUT2D eigenvalue weighted by Crippen LogP contribution is -2.49. The van der Waals surface area contributed by atoms with E-state index in [1.807, 2.05) is 0 Å². The van der Waals surface area contributed by atoms with E-state index in [2.05, 4.69) is 5.32 Å². The van der Waals surface area contributed by atoms with Crippen LogP contribution in [-0.2, 0) is 6.54 Å². The summed E-state index contributed by atoms with van der Waals surface area (Å²) in [5.74, 6) is -2.13. The zero-order valence-corrected chi connectivity index (χ0v) is 17.0. The summed E-state index contributed by atoms with van der Waals surface area (Å²) in [7, 11) is 0. The standard InChI is InChI=1S/C24H20F3N3O2/c25-18-5-1-4-16(12-18)23(31)28-20-6-2-7-21(14-20)30-11-3-10-29(24(30)32)15-17-13-19(26)8-9-22(17)27/h1-2,4-9,12-14H,3,10-11,15H2,(H,28,31). The third-order valence-electron chi connectivity index (χ3n) is 5.18. The minimum absolute atomic E-state index is 0.0467. The molecule has 0 spiro atoms. The van der Waals surface area contributed by atoms with Crippen LogP contribution in [0.1, 0.15) is 22.3 Å². The van der Waals surface area contributed by atoms with Gasteiger partial charge in [-0.25, -0.2) is 18.0 Å². The van der Waals surface area contributed by atoms with Crippen molar-refractivity contribution in [2.24, 2.45) is 0 Å². The number of hydrogen-bond donors (Lipinski definition) is 1. The monoisotopic (exact) mass is 439 g/mol. The Morgan fingerprint density at radius 3 is 2.50 bits per heavy atom. The molecule has 1 saturated heterocycles. The molecule has 32 heavy (non-hydrogen) atoms. The highest BCUT2D eigenvalue weighted by atomic mass is 19.1. The van der Waals surface area contributed by atoms with Gasteiger partial charge in [-0.2, -0.15) is 0 Å². The largest absolute Gasteiger partial charge is 0.324 e. The molecule has 0 aliphatic carbocycles. The van der Waals surface area contributed by atoms with Gasteiger partial charge >= 0.3 is 6.03 Å². The summed E-state index contributed by atoms with van der Waals surface area (Å²) in [6.45, 7) is 0.818. The number of amides is 3. The average molecular weight is 439 g/mol. The molecule has 0 radical (unpaired) electrons. The number of carbonyl (C=O) groups excluding carboxylic acids is 2. The molecule has 164 valence electrons. The van der Waals surface area contributed by atoms with Crippen molar-refractivity contribution < 1.29 is 22.8 Å². The molecule has 0 aromatic heterocycles. The molecule has 0 unspecified atom stereocenters. The van der Waals surface area contributed by atoms with Crippen molar-refractivity contribution in [3.8, 4) is 0 Å². The number of anilines is 2. The van der Waals surface area contributed by atoms with E-state index in [9.17, 15) is 22.8 Å². The number of hydrogen-bond acceptors (Lipinski definition) is 2. The lowest BCUT2D eigenvalue weighted by Gasteiger charge is -2.36. The van der Waals surface area contributed by atoms with E-state index >= 15 is 0 Å². The molecule has 1 fully saturated rings. The minimum atomic E-state index is -0.571. The van der Waals surface area contributed by atoms with E-state index in [1.165, 1.54) is 28.0 Å². The van der Waals surface area contributed by atoms with E-state index in [1.54, 1.807) is 24.3 Å². The summed E-state index contributed by atoms with van der Waals surface area (Å²) in [5.41, 5.74) is 1.28. The van der Waals surface area contributed by atoms with Crippen LogP contribution in [0.25, 0.3) is 0 Å². The number of urea groups is 1. The van der Waals surface area contributed by atoms with Crippen LogP contribution >= 0.6 is 0 Å². The van der Waals surface area contributed by atoms with Gasteiger partial charge in [-0.05, 0) is 61.0 Å². The fraction of sp³-hybridized carbons (Fsp3) is 0.167. The molecule has 8 heteroatoms. The summed E-state index contributed by atoms with van der Waals surface area (Å²) < 4.78 is 40.9. The summed E-state index contributed by atoms with van der Waals surface area (Å²) in [5, 5.41) is 2.70. The van der Waals surface area contributed by atoms with Crippen molar-refractivity contribution >= 4 is 23.3 Å². The van der Waals surface area contributed by atoms with Crippen LogP contribution in [0.2, 0.25) is 0 Å².